The van der Waals surface area contributed by atoms with Crippen LogP contribution in [-0.4, -0.2) is 101 Å². The highest BCUT2D eigenvalue weighted by Gasteiger charge is 2.37. The zero-order valence-corrected chi connectivity index (χ0v) is 21.8. The van der Waals surface area contributed by atoms with Gasteiger partial charge in [0.2, 0.25) is 0 Å². The first kappa shape index (κ1) is 29.8. The fourth-order valence-corrected chi connectivity index (χ4v) is 3.39. The minimum atomic E-state index is -0.610. The molecule has 0 bridgehead atoms. The zero-order valence-electron chi connectivity index (χ0n) is 21.8. The first-order valence-electron chi connectivity index (χ1n) is 11.7. The largest absolute Gasteiger partial charge is 0.469 e. The van der Waals surface area contributed by atoms with Crippen molar-refractivity contribution in [1.29, 1.82) is 0 Å². The lowest BCUT2D eigenvalue weighted by atomic mass is 9.76. The molecule has 0 aromatic rings. The summed E-state index contributed by atoms with van der Waals surface area (Å²) in [6, 6.07) is 0. The maximum Gasteiger partial charge on any atom is 0.311 e. The van der Waals surface area contributed by atoms with Crippen molar-refractivity contribution in [2.45, 2.75) is 59.8 Å². The molecule has 1 unspecified atom stereocenters. The van der Waals surface area contributed by atoms with Crippen molar-refractivity contribution in [3.8, 4) is 0 Å². The molecule has 0 fully saturated rings. The Morgan fingerprint density at radius 2 is 1.29 bits per heavy atom. The Balaban J connectivity index is 4.71. The molecule has 0 N–H and O–H groups in total. The lowest BCUT2D eigenvalue weighted by Crippen LogP contribution is -2.36. The molecular weight excluding hydrogens is 394 g/mol. The summed E-state index contributed by atoms with van der Waals surface area (Å²) < 4.78 is 10.6. The summed E-state index contributed by atoms with van der Waals surface area (Å²) in [7, 11) is 9.76. The Bertz CT molecular complexity index is 509. The maximum atomic E-state index is 12.9. The number of nitrogens with zero attached hydrogens (tertiary/aromatic N) is 3. The van der Waals surface area contributed by atoms with Crippen molar-refractivity contribution < 1.29 is 19.1 Å². The van der Waals surface area contributed by atoms with Gasteiger partial charge in [-0.3, -0.25) is 14.5 Å². The van der Waals surface area contributed by atoms with Gasteiger partial charge in [0.25, 0.3) is 0 Å². The van der Waals surface area contributed by atoms with Gasteiger partial charge in [0.05, 0.1) is 17.9 Å². The zero-order chi connectivity index (χ0) is 24.1. The van der Waals surface area contributed by atoms with Gasteiger partial charge in [-0.05, 0) is 107 Å². The topological polar surface area (TPSA) is 62.3 Å². The average Bonchev–Trinajstić information content (AvgIpc) is 2.70. The fraction of sp³-hybridized carbons (Fsp3) is 0.917. The summed E-state index contributed by atoms with van der Waals surface area (Å²) >= 11 is 0. The second kappa shape index (κ2) is 14.8. The Kier molecular flexibility index (Phi) is 14.2. The van der Waals surface area contributed by atoms with E-state index >= 15 is 0 Å². The molecule has 0 amide bonds. The van der Waals surface area contributed by atoms with Gasteiger partial charge in [-0.25, -0.2) is 0 Å². The third kappa shape index (κ3) is 12.4. The van der Waals surface area contributed by atoms with Crippen LogP contribution < -0.4 is 0 Å². The maximum absolute atomic E-state index is 12.9. The van der Waals surface area contributed by atoms with Gasteiger partial charge >= 0.3 is 11.9 Å². The van der Waals surface area contributed by atoms with Crippen LogP contribution in [0.1, 0.15) is 59.8 Å². The average molecular weight is 444 g/mol. The monoisotopic (exact) mass is 443 g/mol. The molecule has 0 heterocycles. The third-order valence-electron chi connectivity index (χ3n) is 6.11. The van der Waals surface area contributed by atoms with Crippen LogP contribution in [0, 0.1) is 10.8 Å². The van der Waals surface area contributed by atoms with Crippen molar-refractivity contribution in [2.75, 3.05) is 74.6 Å². The van der Waals surface area contributed by atoms with E-state index in [2.05, 4.69) is 42.9 Å². The van der Waals surface area contributed by atoms with Gasteiger partial charge in [0.1, 0.15) is 6.61 Å². The number of carbonyl (C=O) groups is 2. The van der Waals surface area contributed by atoms with Crippen LogP contribution >= 0.6 is 0 Å². The van der Waals surface area contributed by atoms with Gasteiger partial charge in [-0.15, -0.1) is 0 Å². The molecule has 0 radical (unpaired) electrons. The first-order chi connectivity index (χ1) is 14.4. The molecule has 0 rings (SSSR count). The van der Waals surface area contributed by atoms with E-state index in [-0.39, 0.29) is 11.9 Å². The molecule has 0 saturated carbocycles. The molecule has 7 nitrogen and oxygen atoms in total. The second-order valence-electron chi connectivity index (χ2n) is 10.1. The summed E-state index contributed by atoms with van der Waals surface area (Å²) in [5, 5.41) is 0. The predicted octanol–water partition coefficient (Wildman–Crippen LogP) is 3.13. The Hall–Kier alpha value is -1.18. The van der Waals surface area contributed by atoms with E-state index in [1.54, 1.807) is 0 Å². The fourth-order valence-electron chi connectivity index (χ4n) is 3.39. The van der Waals surface area contributed by atoms with Crippen molar-refractivity contribution in [3.63, 3.8) is 0 Å². The Labute approximate surface area is 191 Å². The smallest absolute Gasteiger partial charge is 0.311 e. The Morgan fingerprint density at radius 1 is 0.774 bits per heavy atom. The molecule has 0 aliphatic rings. The van der Waals surface area contributed by atoms with E-state index in [0.29, 0.717) is 25.9 Å². The van der Waals surface area contributed by atoms with Crippen LogP contribution in [0.4, 0.5) is 0 Å². The quantitative estimate of drug-likeness (QED) is 0.320. The normalized spacial score (nSPS) is 14.2. The van der Waals surface area contributed by atoms with Gasteiger partial charge in [0.15, 0.2) is 0 Å². The SMILES string of the molecule is CCC(C)(CCC(C)(C)C(=O)OC)C(=O)OCCN(CCCN(C)C)CCCN(C)C. The van der Waals surface area contributed by atoms with Crippen molar-refractivity contribution in [1.82, 2.24) is 14.7 Å². The molecule has 0 saturated heterocycles. The van der Waals surface area contributed by atoms with E-state index in [4.69, 9.17) is 9.47 Å². The molecule has 0 aromatic heterocycles. The van der Waals surface area contributed by atoms with Crippen LogP contribution in [-0.2, 0) is 19.1 Å². The molecular formula is C24H49N3O4. The summed E-state index contributed by atoms with van der Waals surface area (Å²) in [6.45, 7) is 12.9. The highest BCUT2D eigenvalue weighted by molar-refractivity contribution is 5.77. The predicted molar refractivity (Wildman–Crippen MR) is 127 cm³/mol. The Morgan fingerprint density at radius 3 is 1.71 bits per heavy atom. The highest BCUT2D eigenvalue weighted by Crippen LogP contribution is 2.35. The van der Waals surface area contributed by atoms with Crippen molar-refractivity contribution in [3.05, 3.63) is 0 Å². The number of rotatable bonds is 17. The molecule has 7 heteroatoms. The summed E-state index contributed by atoms with van der Waals surface area (Å²) in [4.78, 5) is 31.6. The molecule has 1 atom stereocenters. The number of carbonyl (C=O) groups excluding carboxylic acids is 2. The second-order valence-corrected chi connectivity index (χ2v) is 10.1. The van der Waals surface area contributed by atoms with Crippen LogP contribution in [0.2, 0.25) is 0 Å². The number of hydrogen-bond acceptors (Lipinski definition) is 7. The summed E-state index contributed by atoms with van der Waals surface area (Å²) in [5.41, 5.74) is -1.20. The summed E-state index contributed by atoms with van der Waals surface area (Å²) in [5.74, 6) is -0.414. The number of ether oxygens (including phenoxy) is 2. The first-order valence-corrected chi connectivity index (χ1v) is 11.7. The van der Waals surface area contributed by atoms with E-state index in [9.17, 15) is 9.59 Å². The van der Waals surface area contributed by atoms with Gasteiger partial charge in [-0.1, -0.05) is 6.92 Å². The third-order valence-corrected chi connectivity index (χ3v) is 6.11. The van der Waals surface area contributed by atoms with Crippen molar-refractivity contribution >= 4 is 11.9 Å². The molecule has 0 aliphatic carbocycles. The molecule has 0 aromatic carbocycles. The minimum Gasteiger partial charge on any atom is -0.469 e. The highest BCUT2D eigenvalue weighted by atomic mass is 16.5. The van der Waals surface area contributed by atoms with Gasteiger partial charge in [-0.2, -0.15) is 0 Å². The van der Waals surface area contributed by atoms with Crippen LogP contribution in [0.5, 0.6) is 0 Å². The molecule has 0 spiro atoms. The summed E-state index contributed by atoms with van der Waals surface area (Å²) in [6.07, 6.45) is 4.05. The van der Waals surface area contributed by atoms with Crippen LogP contribution in [0.25, 0.3) is 0 Å². The molecule has 31 heavy (non-hydrogen) atoms. The lowest BCUT2D eigenvalue weighted by Gasteiger charge is -2.30. The van der Waals surface area contributed by atoms with E-state index in [1.807, 2.05) is 27.7 Å². The number of hydrogen-bond donors (Lipinski definition) is 0. The standard InChI is InChI=1S/C24H49N3O4/c1-10-24(4,14-13-23(2,3)21(28)30-9)22(29)31-20-19-27(17-11-15-25(5)6)18-12-16-26(7)8/h10-20H2,1-9H3. The minimum absolute atomic E-state index is 0.169. The molecule has 0 aliphatic heterocycles. The molecule has 184 valence electrons. The van der Waals surface area contributed by atoms with E-state index in [1.165, 1.54) is 7.11 Å². The van der Waals surface area contributed by atoms with E-state index < -0.39 is 10.8 Å². The number of esters is 2. The van der Waals surface area contributed by atoms with Gasteiger partial charge in [0, 0.05) is 6.54 Å². The van der Waals surface area contributed by atoms with E-state index in [0.717, 1.165) is 45.6 Å². The van der Waals surface area contributed by atoms with Crippen molar-refractivity contribution in [2.24, 2.45) is 10.8 Å². The lowest BCUT2D eigenvalue weighted by molar-refractivity contribution is -0.158. The van der Waals surface area contributed by atoms with Crippen LogP contribution in [0.15, 0.2) is 0 Å². The number of methoxy groups -OCH3 is 1. The van der Waals surface area contributed by atoms with Gasteiger partial charge < -0.3 is 19.3 Å². The van der Waals surface area contributed by atoms with Crippen LogP contribution in [0.3, 0.4) is 0 Å².